The Morgan fingerprint density at radius 3 is 2.14 bits per heavy atom. The lowest BCUT2D eigenvalue weighted by atomic mass is 9.99. The van der Waals surface area contributed by atoms with E-state index in [9.17, 15) is 9.59 Å². The number of carbonyl (C=O) groups is 2. The molecule has 0 aromatic carbocycles. The summed E-state index contributed by atoms with van der Waals surface area (Å²) >= 11 is 0. The Bertz CT molecular complexity index is 255. The number of carboxylic acid groups (broad SMARTS) is 1. The number of amides is 2. The van der Waals surface area contributed by atoms with E-state index in [4.69, 9.17) is 5.11 Å². The fraction of sp³-hybridized carbons (Fsp3) is 0.778. The van der Waals surface area contributed by atoms with Crippen molar-refractivity contribution >= 4 is 12.0 Å². The van der Waals surface area contributed by atoms with Gasteiger partial charge in [-0.25, -0.2) is 4.79 Å². The summed E-state index contributed by atoms with van der Waals surface area (Å²) in [7, 11) is 0. The van der Waals surface area contributed by atoms with Gasteiger partial charge < -0.3 is 14.9 Å². The van der Waals surface area contributed by atoms with E-state index in [0.29, 0.717) is 13.1 Å². The Morgan fingerprint density at radius 2 is 1.64 bits per heavy atom. The standard InChI is InChI=1S/C9H14N2O3/c12-8(10-3-1-2-4-10)7-5-11(6-7)9(13)14/h7H,1-6H2,(H,13,14). The van der Waals surface area contributed by atoms with E-state index in [0.717, 1.165) is 25.9 Å². The Morgan fingerprint density at radius 1 is 1.07 bits per heavy atom. The Kier molecular flexibility index (Phi) is 2.31. The van der Waals surface area contributed by atoms with Crippen molar-refractivity contribution in [1.82, 2.24) is 9.80 Å². The molecule has 0 atom stereocenters. The topological polar surface area (TPSA) is 60.9 Å². The average molecular weight is 198 g/mol. The van der Waals surface area contributed by atoms with Crippen LogP contribution in [0.15, 0.2) is 0 Å². The van der Waals surface area contributed by atoms with Crippen LogP contribution in [0.1, 0.15) is 12.8 Å². The molecule has 0 bridgehead atoms. The summed E-state index contributed by atoms with van der Waals surface area (Å²) in [4.78, 5) is 25.3. The van der Waals surface area contributed by atoms with Crippen LogP contribution in [0.2, 0.25) is 0 Å². The van der Waals surface area contributed by atoms with Gasteiger partial charge in [-0.3, -0.25) is 4.79 Å². The predicted octanol–water partition coefficient (Wildman–Crippen LogP) is 0.219. The third-order valence-corrected chi connectivity index (χ3v) is 2.92. The maximum absolute atomic E-state index is 11.7. The van der Waals surface area contributed by atoms with Crippen LogP contribution in [-0.2, 0) is 4.79 Å². The van der Waals surface area contributed by atoms with Crippen molar-refractivity contribution in [2.75, 3.05) is 26.2 Å². The van der Waals surface area contributed by atoms with Gasteiger partial charge in [-0.05, 0) is 12.8 Å². The molecule has 2 fully saturated rings. The summed E-state index contributed by atoms with van der Waals surface area (Å²) < 4.78 is 0. The zero-order chi connectivity index (χ0) is 10.1. The lowest BCUT2D eigenvalue weighted by Gasteiger charge is -2.37. The first-order valence-electron chi connectivity index (χ1n) is 4.95. The molecule has 5 nitrogen and oxygen atoms in total. The van der Waals surface area contributed by atoms with E-state index in [1.807, 2.05) is 4.90 Å². The van der Waals surface area contributed by atoms with E-state index in [1.165, 1.54) is 4.90 Å². The molecule has 2 amide bonds. The molecule has 1 N–H and O–H groups in total. The Hall–Kier alpha value is -1.26. The minimum atomic E-state index is -0.921. The van der Waals surface area contributed by atoms with Crippen molar-refractivity contribution < 1.29 is 14.7 Å². The molecule has 0 aromatic rings. The van der Waals surface area contributed by atoms with Gasteiger partial charge in [-0.15, -0.1) is 0 Å². The SMILES string of the molecule is O=C(O)N1CC(C(=O)N2CCCC2)C1. The lowest BCUT2D eigenvalue weighted by molar-refractivity contribution is -0.138. The molecule has 0 saturated carbocycles. The number of hydrogen-bond acceptors (Lipinski definition) is 2. The summed E-state index contributed by atoms with van der Waals surface area (Å²) in [5.74, 6) is 0.0594. The molecule has 2 saturated heterocycles. The molecule has 0 aromatic heterocycles. The highest BCUT2D eigenvalue weighted by molar-refractivity contribution is 5.82. The van der Waals surface area contributed by atoms with Crippen molar-refractivity contribution in [1.29, 1.82) is 0 Å². The number of hydrogen-bond donors (Lipinski definition) is 1. The monoisotopic (exact) mass is 198 g/mol. The molecular formula is C9H14N2O3. The van der Waals surface area contributed by atoms with Crippen molar-refractivity contribution in [2.24, 2.45) is 5.92 Å². The molecule has 0 radical (unpaired) electrons. The highest BCUT2D eigenvalue weighted by atomic mass is 16.4. The van der Waals surface area contributed by atoms with Crippen LogP contribution in [0.3, 0.4) is 0 Å². The molecular weight excluding hydrogens is 184 g/mol. The van der Waals surface area contributed by atoms with Gasteiger partial charge in [0.05, 0.1) is 5.92 Å². The third kappa shape index (κ3) is 1.54. The second-order valence-electron chi connectivity index (χ2n) is 3.92. The van der Waals surface area contributed by atoms with E-state index >= 15 is 0 Å². The summed E-state index contributed by atoms with van der Waals surface area (Å²) in [6.45, 7) is 2.46. The fourth-order valence-corrected chi connectivity index (χ4v) is 1.99. The molecule has 2 heterocycles. The number of nitrogens with zero attached hydrogens (tertiary/aromatic N) is 2. The first-order valence-corrected chi connectivity index (χ1v) is 4.95. The smallest absolute Gasteiger partial charge is 0.407 e. The summed E-state index contributed by atoms with van der Waals surface area (Å²) in [5.41, 5.74) is 0. The highest BCUT2D eigenvalue weighted by Gasteiger charge is 2.38. The van der Waals surface area contributed by atoms with Crippen molar-refractivity contribution in [3.8, 4) is 0 Å². The van der Waals surface area contributed by atoms with E-state index in [1.54, 1.807) is 0 Å². The zero-order valence-corrected chi connectivity index (χ0v) is 7.98. The molecule has 14 heavy (non-hydrogen) atoms. The van der Waals surface area contributed by atoms with E-state index in [-0.39, 0.29) is 11.8 Å². The van der Waals surface area contributed by atoms with Gasteiger partial charge >= 0.3 is 6.09 Å². The van der Waals surface area contributed by atoms with Gasteiger partial charge in [0, 0.05) is 26.2 Å². The number of likely N-dealkylation sites (tertiary alicyclic amines) is 2. The van der Waals surface area contributed by atoms with Crippen molar-refractivity contribution in [3.05, 3.63) is 0 Å². The van der Waals surface area contributed by atoms with Gasteiger partial charge in [0.2, 0.25) is 5.91 Å². The summed E-state index contributed by atoms with van der Waals surface area (Å²) in [6, 6.07) is 0. The quantitative estimate of drug-likeness (QED) is 0.655. The van der Waals surface area contributed by atoms with Crippen molar-refractivity contribution in [3.63, 3.8) is 0 Å². The molecule has 78 valence electrons. The lowest BCUT2D eigenvalue weighted by Crippen LogP contribution is -2.55. The summed E-state index contributed by atoms with van der Waals surface area (Å²) in [5, 5.41) is 8.60. The predicted molar refractivity (Wildman–Crippen MR) is 48.9 cm³/mol. The normalized spacial score (nSPS) is 22.3. The van der Waals surface area contributed by atoms with Crippen LogP contribution in [0.25, 0.3) is 0 Å². The van der Waals surface area contributed by atoms with Crippen LogP contribution in [0.5, 0.6) is 0 Å². The molecule has 0 spiro atoms. The second kappa shape index (κ2) is 3.48. The maximum Gasteiger partial charge on any atom is 0.407 e. The minimum absolute atomic E-state index is 0.0794. The molecule has 2 aliphatic rings. The van der Waals surface area contributed by atoms with Crippen LogP contribution in [0, 0.1) is 5.92 Å². The Balaban J connectivity index is 1.81. The number of carbonyl (C=O) groups excluding carboxylic acids is 1. The van der Waals surface area contributed by atoms with E-state index < -0.39 is 6.09 Å². The van der Waals surface area contributed by atoms with Crippen molar-refractivity contribution in [2.45, 2.75) is 12.8 Å². The van der Waals surface area contributed by atoms with E-state index in [2.05, 4.69) is 0 Å². The van der Waals surface area contributed by atoms with Gasteiger partial charge in [0.1, 0.15) is 0 Å². The van der Waals surface area contributed by atoms with Crippen LogP contribution >= 0.6 is 0 Å². The first-order chi connectivity index (χ1) is 6.68. The highest BCUT2D eigenvalue weighted by Crippen LogP contribution is 2.20. The first kappa shape index (κ1) is 9.30. The van der Waals surface area contributed by atoms with Gasteiger partial charge in [-0.2, -0.15) is 0 Å². The average Bonchev–Trinajstić information content (AvgIpc) is 2.51. The number of rotatable bonds is 1. The molecule has 2 aliphatic heterocycles. The largest absolute Gasteiger partial charge is 0.465 e. The summed E-state index contributed by atoms with van der Waals surface area (Å²) in [6.07, 6.45) is 1.25. The van der Waals surface area contributed by atoms with Crippen LogP contribution in [0.4, 0.5) is 4.79 Å². The van der Waals surface area contributed by atoms with Gasteiger partial charge in [0.25, 0.3) is 0 Å². The third-order valence-electron chi connectivity index (χ3n) is 2.92. The minimum Gasteiger partial charge on any atom is -0.465 e. The molecule has 0 unspecified atom stereocenters. The van der Waals surface area contributed by atoms with Gasteiger partial charge in [-0.1, -0.05) is 0 Å². The second-order valence-corrected chi connectivity index (χ2v) is 3.92. The molecule has 5 heteroatoms. The molecule has 2 rings (SSSR count). The zero-order valence-electron chi connectivity index (χ0n) is 7.98. The van der Waals surface area contributed by atoms with Gasteiger partial charge in [0.15, 0.2) is 0 Å². The Labute approximate surface area is 82.3 Å². The molecule has 0 aliphatic carbocycles. The fourth-order valence-electron chi connectivity index (χ4n) is 1.99. The van der Waals surface area contributed by atoms with Crippen LogP contribution < -0.4 is 0 Å². The maximum atomic E-state index is 11.7. The van der Waals surface area contributed by atoms with Crippen LogP contribution in [-0.4, -0.2) is 53.1 Å².